The van der Waals surface area contributed by atoms with Crippen LogP contribution in [0.3, 0.4) is 0 Å². The van der Waals surface area contributed by atoms with Crippen molar-refractivity contribution in [1.29, 1.82) is 0 Å². The fourth-order valence-electron chi connectivity index (χ4n) is 7.82. The van der Waals surface area contributed by atoms with Crippen molar-refractivity contribution < 1.29 is 8.83 Å². The number of furan rings is 2. The van der Waals surface area contributed by atoms with Crippen LogP contribution in [0.5, 0.6) is 0 Å². The summed E-state index contributed by atoms with van der Waals surface area (Å²) < 4.78 is 13.5. The van der Waals surface area contributed by atoms with Crippen molar-refractivity contribution in [2.45, 2.75) is 39.3 Å². The number of nitrogens with zero attached hydrogens (tertiary/aromatic N) is 4. The van der Waals surface area contributed by atoms with Gasteiger partial charge < -0.3 is 8.83 Å². The Bertz CT molecular complexity index is 2790. The highest BCUT2D eigenvalue weighted by atomic mass is 28.3. The largest absolute Gasteiger partial charge is 0.452 e. The summed E-state index contributed by atoms with van der Waals surface area (Å²) in [5, 5.41) is 12.1. The van der Waals surface area contributed by atoms with Gasteiger partial charge in [-0.2, -0.15) is 0 Å². The van der Waals surface area contributed by atoms with Crippen molar-refractivity contribution in [3.05, 3.63) is 97.3 Å². The SMILES string of the molecule is C[Si](C)(C)c1cc2c3oc4cnc(-c5ccccc5)nc4c3cc3c([Si](C)(C)C)cc4c5oc6cnc(-c7ccccc7)nc6c5cc1c4c32. The summed E-state index contributed by atoms with van der Waals surface area (Å²) in [6, 6.07) is 29.9. The minimum Gasteiger partial charge on any atom is -0.452 e. The lowest BCUT2D eigenvalue weighted by Gasteiger charge is -2.26. The molecule has 242 valence electrons. The standard InChI is InChI=1S/C42H34N4O2Si2/c1-49(2,3)33-19-27-36-26(18-30-38-32(47-39(27)30)22-44-42(46-38)24-15-11-8-12-16-24)34(50(4,5)6)20-28-35(36)25(33)17-29-37-31(48-40(28)29)21-43-41(45-37)23-13-9-7-10-14-23/h7-22H,1-6H3. The third-order valence-electron chi connectivity index (χ3n) is 10.2. The van der Waals surface area contributed by atoms with Gasteiger partial charge in [0.2, 0.25) is 0 Å². The Kier molecular flexibility index (Phi) is 5.93. The third-order valence-corrected chi connectivity index (χ3v) is 14.2. The van der Waals surface area contributed by atoms with Crippen LogP contribution in [-0.4, -0.2) is 36.1 Å². The van der Waals surface area contributed by atoms with E-state index in [4.69, 9.17) is 28.8 Å². The molecular weight excluding hydrogens is 649 g/mol. The molecule has 6 aromatic carbocycles. The molecule has 0 aliphatic carbocycles. The first-order chi connectivity index (χ1) is 24.0. The normalized spacial score (nSPS) is 13.0. The summed E-state index contributed by atoms with van der Waals surface area (Å²) in [5.41, 5.74) is 6.81. The molecule has 0 amide bonds. The quantitative estimate of drug-likeness (QED) is 0.136. The molecule has 0 unspecified atom stereocenters. The molecule has 0 spiro atoms. The van der Waals surface area contributed by atoms with Gasteiger partial charge in [0.25, 0.3) is 0 Å². The molecule has 0 fully saturated rings. The van der Waals surface area contributed by atoms with Gasteiger partial charge in [0.15, 0.2) is 22.8 Å². The molecule has 4 aromatic heterocycles. The van der Waals surface area contributed by atoms with Crippen molar-refractivity contribution in [3.63, 3.8) is 0 Å². The molecule has 0 bridgehead atoms. The molecule has 0 radical (unpaired) electrons. The molecule has 50 heavy (non-hydrogen) atoms. The maximum absolute atomic E-state index is 6.74. The Hall–Kier alpha value is -5.45. The summed E-state index contributed by atoms with van der Waals surface area (Å²) >= 11 is 0. The summed E-state index contributed by atoms with van der Waals surface area (Å²) in [5.74, 6) is 1.40. The predicted molar refractivity (Wildman–Crippen MR) is 213 cm³/mol. The zero-order valence-corrected chi connectivity index (χ0v) is 30.8. The van der Waals surface area contributed by atoms with E-state index in [2.05, 4.69) is 87.8 Å². The second kappa shape index (κ2) is 10.1. The van der Waals surface area contributed by atoms with Crippen molar-refractivity contribution in [2.75, 3.05) is 0 Å². The lowest BCUT2D eigenvalue weighted by atomic mass is 9.91. The molecule has 0 aliphatic rings. The topological polar surface area (TPSA) is 77.8 Å². The zero-order valence-electron chi connectivity index (χ0n) is 28.8. The van der Waals surface area contributed by atoms with E-state index in [0.29, 0.717) is 22.8 Å². The van der Waals surface area contributed by atoms with Gasteiger partial charge in [-0.1, -0.05) is 122 Å². The number of hydrogen-bond acceptors (Lipinski definition) is 6. The maximum atomic E-state index is 6.74. The highest BCUT2D eigenvalue weighted by molar-refractivity contribution is 6.92. The van der Waals surface area contributed by atoms with Gasteiger partial charge >= 0.3 is 0 Å². The molecule has 10 rings (SSSR count). The first-order valence-electron chi connectivity index (χ1n) is 17.1. The Labute approximate surface area is 290 Å². The van der Waals surface area contributed by atoms with E-state index in [-0.39, 0.29) is 0 Å². The van der Waals surface area contributed by atoms with Crippen LogP contribution in [0, 0.1) is 0 Å². The number of rotatable bonds is 4. The van der Waals surface area contributed by atoms with Crippen molar-refractivity contribution >= 4 is 103 Å². The molecule has 0 saturated carbocycles. The van der Waals surface area contributed by atoms with E-state index >= 15 is 0 Å². The van der Waals surface area contributed by atoms with Crippen molar-refractivity contribution in [3.8, 4) is 22.8 Å². The zero-order chi connectivity index (χ0) is 34.1. The molecular formula is C42H34N4O2Si2. The molecule has 0 aliphatic heterocycles. The summed E-state index contributed by atoms with van der Waals surface area (Å²) in [7, 11) is -3.81. The Morgan fingerprint density at radius 1 is 0.460 bits per heavy atom. The van der Waals surface area contributed by atoms with Crippen LogP contribution in [0.2, 0.25) is 39.3 Å². The molecule has 8 heteroatoms. The predicted octanol–water partition coefficient (Wildman–Crippen LogP) is 10.4. The number of hydrogen-bond donors (Lipinski definition) is 0. The van der Waals surface area contributed by atoms with Crippen LogP contribution < -0.4 is 10.4 Å². The van der Waals surface area contributed by atoms with Crippen molar-refractivity contribution in [1.82, 2.24) is 19.9 Å². The van der Waals surface area contributed by atoms with Crippen LogP contribution in [0.4, 0.5) is 0 Å². The molecule has 0 N–H and O–H groups in total. The maximum Gasteiger partial charge on any atom is 0.172 e. The van der Waals surface area contributed by atoms with Crippen LogP contribution in [0.15, 0.2) is 106 Å². The van der Waals surface area contributed by atoms with Gasteiger partial charge in [-0.05, 0) is 22.9 Å². The van der Waals surface area contributed by atoms with E-state index in [1.807, 2.05) is 48.8 Å². The first kappa shape index (κ1) is 29.5. The van der Waals surface area contributed by atoms with Gasteiger partial charge in [0.1, 0.15) is 22.2 Å². The van der Waals surface area contributed by atoms with E-state index in [1.54, 1.807) is 0 Å². The van der Waals surface area contributed by atoms with Gasteiger partial charge in [-0.25, -0.2) is 19.9 Å². The first-order valence-corrected chi connectivity index (χ1v) is 24.1. The highest BCUT2D eigenvalue weighted by Gasteiger charge is 2.30. The summed E-state index contributed by atoms with van der Waals surface area (Å²) in [6.07, 6.45) is 3.67. The molecule has 10 aromatic rings. The fourth-order valence-corrected chi connectivity index (χ4v) is 11.0. The average Bonchev–Trinajstić information content (AvgIpc) is 3.67. The number of benzene rings is 6. The van der Waals surface area contributed by atoms with Crippen LogP contribution in [0.25, 0.3) is 99.2 Å². The third kappa shape index (κ3) is 4.18. The van der Waals surface area contributed by atoms with Crippen LogP contribution in [0.1, 0.15) is 0 Å². The van der Waals surface area contributed by atoms with E-state index < -0.39 is 16.1 Å². The lowest BCUT2D eigenvalue weighted by molar-refractivity contribution is 0.669. The Balaban J connectivity index is 1.38. The molecule has 0 saturated heterocycles. The summed E-state index contributed by atoms with van der Waals surface area (Å²) in [6.45, 7) is 14.5. The van der Waals surface area contributed by atoms with Gasteiger partial charge in [0, 0.05) is 43.4 Å². The average molecular weight is 683 g/mol. The lowest BCUT2D eigenvalue weighted by Crippen LogP contribution is -2.39. The fraction of sp³-hybridized carbons (Fsp3) is 0.143. The number of fused-ring (bicyclic) bond motifs is 8. The molecule has 4 heterocycles. The van der Waals surface area contributed by atoms with Crippen molar-refractivity contribution in [2.24, 2.45) is 0 Å². The van der Waals surface area contributed by atoms with Gasteiger partial charge in [0.05, 0.1) is 28.5 Å². The molecule has 0 atom stereocenters. The molecule has 6 nitrogen and oxygen atoms in total. The number of aromatic nitrogens is 4. The van der Waals surface area contributed by atoms with Gasteiger partial charge in [-0.3, -0.25) is 0 Å². The smallest absolute Gasteiger partial charge is 0.172 e. The Morgan fingerprint density at radius 2 is 0.860 bits per heavy atom. The minimum absolute atomic E-state index is 0.699. The van der Waals surface area contributed by atoms with Crippen LogP contribution in [-0.2, 0) is 0 Å². The second-order valence-corrected chi connectivity index (χ2v) is 25.6. The van der Waals surface area contributed by atoms with E-state index in [9.17, 15) is 0 Å². The van der Waals surface area contributed by atoms with Gasteiger partial charge in [-0.15, -0.1) is 0 Å². The minimum atomic E-state index is -1.91. The van der Waals surface area contributed by atoms with Crippen LogP contribution >= 0.6 is 0 Å². The Morgan fingerprint density at radius 3 is 1.24 bits per heavy atom. The highest BCUT2D eigenvalue weighted by Crippen LogP contribution is 2.45. The van der Waals surface area contributed by atoms with E-state index in [0.717, 1.165) is 54.9 Å². The second-order valence-electron chi connectivity index (χ2n) is 15.5. The monoisotopic (exact) mass is 682 g/mol. The summed E-state index contributed by atoms with van der Waals surface area (Å²) in [4.78, 5) is 19.7. The van der Waals surface area contributed by atoms with E-state index in [1.165, 1.54) is 31.9 Å².